The second kappa shape index (κ2) is 14.2. The van der Waals surface area contributed by atoms with Crippen molar-refractivity contribution in [1.29, 1.82) is 0 Å². The van der Waals surface area contributed by atoms with Gasteiger partial charge in [0.25, 0.3) is 0 Å². The standard InChI is InChI=1S/C19H26I3N3O8/c1-9(28)24(4-11(30)6-26)18-14(20)17(23-13(32)8-33-3)15(21)19(16(18)22)25(10(2)29)5-12(31)7-27/h11-12,26-27,30-31H,4-8H2,1-3H3,(H,23,32). The summed E-state index contributed by atoms with van der Waals surface area (Å²) in [6.45, 7) is 0.722. The van der Waals surface area contributed by atoms with Gasteiger partial charge in [-0.25, -0.2) is 0 Å². The second-order valence-corrected chi connectivity index (χ2v) is 10.2. The first-order chi connectivity index (χ1) is 15.4. The van der Waals surface area contributed by atoms with E-state index in [9.17, 15) is 34.8 Å². The van der Waals surface area contributed by atoms with Gasteiger partial charge in [-0.2, -0.15) is 0 Å². The first-order valence-electron chi connectivity index (χ1n) is 9.54. The lowest BCUT2D eigenvalue weighted by Gasteiger charge is -2.32. The third-order valence-corrected chi connectivity index (χ3v) is 7.44. The van der Waals surface area contributed by atoms with Crippen LogP contribution in [0.4, 0.5) is 17.1 Å². The second-order valence-electron chi connectivity index (χ2n) is 6.93. The third kappa shape index (κ3) is 8.07. The summed E-state index contributed by atoms with van der Waals surface area (Å²) in [6, 6.07) is 0. The average Bonchev–Trinajstić information content (AvgIpc) is 2.74. The number of nitrogens with one attached hydrogen (secondary N) is 1. The first kappa shape index (κ1) is 30.7. The summed E-state index contributed by atoms with van der Waals surface area (Å²) in [4.78, 5) is 39.9. The molecule has 0 aromatic heterocycles. The smallest absolute Gasteiger partial charge is 0.250 e. The lowest BCUT2D eigenvalue weighted by Crippen LogP contribution is -2.41. The van der Waals surface area contributed by atoms with Gasteiger partial charge in [-0.3, -0.25) is 14.4 Å². The maximum atomic E-state index is 12.5. The van der Waals surface area contributed by atoms with Crippen LogP contribution in [0, 0.1) is 10.7 Å². The molecule has 1 aromatic carbocycles. The van der Waals surface area contributed by atoms with Crippen LogP contribution in [-0.2, 0) is 19.1 Å². The van der Waals surface area contributed by atoms with Crippen molar-refractivity contribution in [3.63, 3.8) is 0 Å². The number of hydrogen-bond donors (Lipinski definition) is 5. The molecule has 1 rings (SSSR count). The number of carbonyl (C=O) groups is 3. The van der Waals surface area contributed by atoms with Crippen molar-refractivity contribution in [2.24, 2.45) is 0 Å². The maximum absolute atomic E-state index is 12.5. The van der Waals surface area contributed by atoms with Gasteiger partial charge in [0.1, 0.15) is 6.61 Å². The van der Waals surface area contributed by atoms with E-state index < -0.39 is 43.1 Å². The summed E-state index contributed by atoms with van der Waals surface area (Å²) in [5, 5.41) is 41.4. The zero-order valence-corrected chi connectivity index (χ0v) is 24.6. The Morgan fingerprint density at radius 1 is 0.879 bits per heavy atom. The summed E-state index contributed by atoms with van der Waals surface area (Å²) in [6.07, 6.45) is -2.45. The minimum Gasteiger partial charge on any atom is -0.394 e. The van der Waals surface area contributed by atoms with Crippen molar-refractivity contribution in [3.8, 4) is 0 Å². The largest absolute Gasteiger partial charge is 0.394 e. The number of hydrogen-bond acceptors (Lipinski definition) is 8. The highest BCUT2D eigenvalue weighted by Gasteiger charge is 2.31. The number of aliphatic hydroxyl groups excluding tert-OH is 4. The maximum Gasteiger partial charge on any atom is 0.250 e. The van der Waals surface area contributed by atoms with Crippen LogP contribution < -0.4 is 15.1 Å². The minimum atomic E-state index is -1.23. The van der Waals surface area contributed by atoms with Crippen LogP contribution >= 0.6 is 67.8 Å². The van der Waals surface area contributed by atoms with Crippen LogP contribution in [0.25, 0.3) is 0 Å². The van der Waals surface area contributed by atoms with Crippen molar-refractivity contribution in [3.05, 3.63) is 10.7 Å². The summed E-state index contributed by atoms with van der Waals surface area (Å²) in [7, 11) is 1.36. The Morgan fingerprint density at radius 2 is 1.27 bits per heavy atom. The van der Waals surface area contributed by atoms with Crippen LogP contribution in [0.1, 0.15) is 13.8 Å². The molecule has 5 N–H and O–H groups in total. The lowest BCUT2D eigenvalue weighted by atomic mass is 10.1. The molecule has 0 aliphatic rings. The Bertz CT molecular complexity index is 829. The zero-order chi connectivity index (χ0) is 25.5. The average molecular weight is 805 g/mol. The fraction of sp³-hybridized carbons (Fsp3) is 0.526. The topological polar surface area (TPSA) is 160 Å². The molecule has 2 unspecified atom stereocenters. The number of anilines is 3. The number of benzene rings is 1. The summed E-state index contributed by atoms with van der Waals surface area (Å²) in [5.41, 5.74) is 0.922. The fourth-order valence-electron chi connectivity index (χ4n) is 2.82. The van der Waals surface area contributed by atoms with Crippen LogP contribution in [0.5, 0.6) is 0 Å². The Morgan fingerprint density at radius 3 is 1.58 bits per heavy atom. The van der Waals surface area contributed by atoms with E-state index in [1.807, 2.05) is 67.8 Å². The van der Waals surface area contributed by atoms with Gasteiger partial charge < -0.3 is 40.3 Å². The quantitative estimate of drug-likeness (QED) is 0.203. The van der Waals surface area contributed by atoms with E-state index in [0.29, 0.717) is 27.8 Å². The molecule has 1 aromatic rings. The molecule has 2 atom stereocenters. The van der Waals surface area contributed by atoms with Crippen molar-refractivity contribution >= 4 is 103 Å². The Labute approximate surface area is 232 Å². The van der Waals surface area contributed by atoms with Crippen LogP contribution in [0.2, 0.25) is 0 Å². The summed E-state index contributed by atoms with van der Waals surface area (Å²) >= 11 is 5.86. The highest BCUT2D eigenvalue weighted by atomic mass is 127. The molecule has 11 nitrogen and oxygen atoms in total. The molecule has 14 heteroatoms. The number of rotatable bonds is 11. The van der Waals surface area contributed by atoms with Crippen LogP contribution in [0.3, 0.4) is 0 Å². The number of nitrogens with zero attached hydrogens (tertiary/aromatic N) is 2. The van der Waals surface area contributed by atoms with Gasteiger partial charge in [0.05, 0.1) is 66.3 Å². The molecule has 0 aliphatic carbocycles. The number of carbonyl (C=O) groups excluding carboxylic acids is 3. The molecule has 33 heavy (non-hydrogen) atoms. The van der Waals surface area contributed by atoms with Crippen molar-refractivity contribution in [2.75, 3.05) is 55.1 Å². The van der Waals surface area contributed by atoms with E-state index in [0.717, 1.165) is 0 Å². The molecule has 0 radical (unpaired) electrons. The zero-order valence-electron chi connectivity index (χ0n) is 18.1. The van der Waals surface area contributed by atoms with E-state index >= 15 is 0 Å². The molecule has 0 aliphatic heterocycles. The minimum absolute atomic E-state index is 0.233. The first-order valence-corrected chi connectivity index (χ1v) is 12.8. The fourth-order valence-corrected chi connectivity index (χ4v) is 7.42. The van der Waals surface area contributed by atoms with Crippen LogP contribution in [0.15, 0.2) is 0 Å². The highest BCUT2D eigenvalue weighted by Crippen LogP contribution is 2.45. The number of halogens is 3. The normalized spacial score (nSPS) is 12.8. The molecule has 0 bridgehead atoms. The lowest BCUT2D eigenvalue weighted by molar-refractivity contribution is -0.119. The predicted molar refractivity (Wildman–Crippen MR) is 147 cm³/mol. The van der Waals surface area contributed by atoms with E-state index in [1.165, 1.54) is 30.8 Å². The molecule has 186 valence electrons. The van der Waals surface area contributed by atoms with Gasteiger partial charge in [0.2, 0.25) is 17.7 Å². The van der Waals surface area contributed by atoms with Gasteiger partial charge >= 0.3 is 0 Å². The molecular formula is C19H26I3N3O8. The number of methoxy groups -OCH3 is 1. The van der Waals surface area contributed by atoms with Gasteiger partial charge in [0.15, 0.2) is 0 Å². The van der Waals surface area contributed by atoms with E-state index in [1.54, 1.807) is 0 Å². The van der Waals surface area contributed by atoms with Crippen molar-refractivity contribution in [1.82, 2.24) is 0 Å². The monoisotopic (exact) mass is 805 g/mol. The Kier molecular flexibility index (Phi) is 13.2. The van der Waals surface area contributed by atoms with E-state index in [4.69, 9.17) is 4.74 Å². The van der Waals surface area contributed by atoms with Crippen LogP contribution in [-0.4, -0.2) is 90.4 Å². The SMILES string of the molecule is COCC(=O)Nc1c(I)c(N(CC(O)CO)C(C)=O)c(I)c(N(CC(O)CO)C(C)=O)c1I. The van der Waals surface area contributed by atoms with E-state index in [2.05, 4.69) is 5.32 Å². The molecular weight excluding hydrogens is 779 g/mol. The third-order valence-electron chi connectivity index (χ3n) is 4.32. The number of amides is 3. The summed E-state index contributed by atoms with van der Waals surface area (Å²) < 4.78 is 6.23. The van der Waals surface area contributed by atoms with Gasteiger partial charge in [-0.15, -0.1) is 0 Å². The van der Waals surface area contributed by atoms with Gasteiger partial charge in [-0.05, 0) is 67.8 Å². The molecule has 0 spiro atoms. The van der Waals surface area contributed by atoms with Gasteiger partial charge in [-0.1, -0.05) is 0 Å². The summed E-state index contributed by atoms with van der Waals surface area (Å²) in [5.74, 6) is -1.35. The molecule has 3 amide bonds. The Hall–Kier alpha value is -0.380. The predicted octanol–water partition coefficient (Wildman–Crippen LogP) is 0.498. The van der Waals surface area contributed by atoms with Gasteiger partial charge in [0, 0.05) is 21.0 Å². The molecule has 0 fully saturated rings. The van der Waals surface area contributed by atoms with Crippen molar-refractivity contribution < 1.29 is 39.5 Å². The number of ether oxygens (including phenoxy) is 1. The Balaban J connectivity index is 3.93. The molecule has 0 saturated heterocycles. The van der Waals surface area contributed by atoms with E-state index in [-0.39, 0.29) is 19.7 Å². The highest BCUT2D eigenvalue weighted by molar-refractivity contribution is 14.1. The molecule has 0 heterocycles. The number of aliphatic hydroxyl groups is 4. The van der Waals surface area contributed by atoms with Crippen molar-refractivity contribution in [2.45, 2.75) is 26.1 Å². The molecule has 0 saturated carbocycles.